The van der Waals surface area contributed by atoms with E-state index >= 15 is 0 Å². The molecule has 0 aliphatic carbocycles. The minimum Gasteiger partial charge on any atom is -0.379 e. The molecule has 6 nitrogen and oxygen atoms in total. The number of methoxy groups -OCH3 is 1. The van der Waals surface area contributed by atoms with E-state index in [-0.39, 0.29) is 11.5 Å². The summed E-state index contributed by atoms with van der Waals surface area (Å²) >= 11 is 1.63. The largest absolute Gasteiger partial charge is 0.379 e. The van der Waals surface area contributed by atoms with E-state index in [9.17, 15) is 0 Å². The molecule has 0 radical (unpaired) electrons. The second-order valence-electron chi connectivity index (χ2n) is 6.68. The highest BCUT2D eigenvalue weighted by Crippen LogP contribution is 2.21. The number of nitrogens with zero attached hydrogens (tertiary/aromatic N) is 3. The van der Waals surface area contributed by atoms with Crippen molar-refractivity contribution in [2.45, 2.75) is 40.3 Å². The molecule has 0 bridgehead atoms. The standard InChI is InChI=1S/C16H31N5OS/c1-8-17-14(19-10-13(22-7)16(2,3)4)18-9-12-11-23-15(20-12)21(5)6/h11,13H,8-10H2,1-7H3,(H2,17,18,19). The van der Waals surface area contributed by atoms with Crippen molar-refractivity contribution in [3.63, 3.8) is 0 Å². The number of hydrogen-bond acceptors (Lipinski definition) is 5. The molecular weight excluding hydrogens is 310 g/mol. The van der Waals surface area contributed by atoms with E-state index in [1.54, 1.807) is 18.4 Å². The van der Waals surface area contributed by atoms with Crippen LogP contribution in [0.25, 0.3) is 0 Å². The van der Waals surface area contributed by atoms with Gasteiger partial charge < -0.3 is 20.3 Å². The van der Waals surface area contributed by atoms with Crippen LogP contribution in [0.3, 0.4) is 0 Å². The predicted molar refractivity (Wildman–Crippen MR) is 99.5 cm³/mol. The molecule has 23 heavy (non-hydrogen) atoms. The molecule has 1 heterocycles. The minimum absolute atomic E-state index is 0.0780. The summed E-state index contributed by atoms with van der Waals surface area (Å²) in [4.78, 5) is 11.2. The second kappa shape index (κ2) is 9.08. The van der Waals surface area contributed by atoms with E-state index in [4.69, 9.17) is 4.74 Å². The van der Waals surface area contributed by atoms with Crippen molar-refractivity contribution in [1.29, 1.82) is 0 Å². The highest BCUT2D eigenvalue weighted by molar-refractivity contribution is 7.13. The molecule has 0 saturated heterocycles. The average molecular weight is 342 g/mol. The van der Waals surface area contributed by atoms with Gasteiger partial charge >= 0.3 is 0 Å². The van der Waals surface area contributed by atoms with E-state index < -0.39 is 0 Å². The summed E-state index contributed by atoms with van der Waals surface area (Å²) in [5.41, 5.74) is 1.06. The molecule has 2 N–H and O–H groups in total. The zero-order valence-corrected chi connectivity index (χ0v) is 16.3. The zero-order chi connectivity index (χ0) is 17.5. The summed E-state index contributed by atoms with van der Waals surface area (Å²) in [6, 6.07) is 0. The van der Waals surface area contributed by atoms with Crippen LogP contribution in [0.4, 0.5) is 5.13 Å². The van der Waals surface area contributed by atoms with Crippen molar-refractivity contribution in [3.05, 3.63) is 11.1 Å². The molecule has 1 rings (SSSR count). The van der Waals surface area contributed by atoms with Gasteiger partial charge in [-0.1, -0.05) is 20.8 Å². The molecule has 0 amide bonds. The molecule has 1 unspecified atom stereocenters. The fourth-order valence-corrected chi connectivity index (χ4v) is 2.76. The van der Waals surface area contributed by atoms with Crippen molar-refractivity contribution < 1.29 is 4.74 Å². The molecule has 0 saturated carbocycles. The molecule has 0 aliphatic rings. The SMILES string of the molecule is CCNC(=NCc1csc(N(C)C)n1)NCC(OC)C(C)(C)C. The lowest BCUT2D eigenvalue weighted by Gasteiger charge is -2.30. The normalized spacial score (nSPS) is 13.8. The molecule has 0 aromatic carbocycles. The van der Waals surface area contributed by atoms with Crippen LogP contribution in [-0.4, -0.2) is 51.3 Å². The van der Waals surface area contributed by atoms with Gasteiger partial charge in [0, 0.05) is 39.7 Å². The number of anilines is 1. The number of nitrogens with one attached hydrogen (secondary N) is 2. The summed E-state index contributed by atoms with van der Waals surface area (Å²) < 4.78 is 5.57. The number of aliphatic imine (C=N–C) groups is 1. The molecule has 1 aromatic rings. The predicted octanol–water partition coefficient (Wildman–Crippen LogP) is 2.33. The first-order valence-electron chi connectivity index (χ1n) is 7.94. The summed E-state index contributed by atoms with van der Waals surface area (Å²) in [6.07, 6.45) is 0.117. The Balaban J connectivity index is 2.65. The lowest BCUT2D eigenvalue weighted by atomic mass is 9.89. The molecule has 1 atom stereocenters. The third-order valence-electron chi connectivity index (χ3n) is 3.37. The first-order chi connectivity index (χ1) is 10.8. The van der Waals surface area contributed by atoms with Crippen LogP contribution in [0, 0.1) is 5.41 Å². The molecule has 0 spiro atoms. The van der Waals surface area contributed by atoms with Crippen molar-refractivity contribution in [3.8, 4) is 0 Å². The van der Waals surface area contributed by atoms with Crippen molar-refractivity contribution in [2.24, 2.45) is 10.4 Å². The lowest BCUT2D eigenvalue weighted by molar-refractivity contribution is 0.0205. The van der Waals surface area contributed by atoms with Gasteiger partial charge in [-0.15, -0.1) is 11.3 Å². The quantitative estimate of drug-likeness (QED) is 0.589. The molecule has 1 aromatic heterocycles. The Hall–Kier alpha value is -1.34. The molecule has 0 fully saturated rings. The van der Waals surface area contributed by atoms with Crippen LogP contribution in [0.15, 0.2) is 10.4 Å². The van der Waals surface area contributed by atoms with Crippen molar-refractivity contribution in [2.75, 3.05) is 39.2 Å². The van der Waals surface area contributed by atoms with Crippen molar-refractivity contribution in [1.82, 2.24) is 15.6 Å². The maximum absolute atomic E-state index is 5.57. The van der Waals surface area contributed by atoms with Gasteiger partial charge in [0.1, 0.15) is 0 Å². The van der Waals surface area contributed by atoms with Gasteiger partial charge in [-0.3, -0.25) is 0 Å². The van der Waals surface area contributed by atoms with Crippen LogP contribution in [0.1, 0.15) is 33.4 Å². The zero-order valence-electron chi connectivity index (χ0n) is 15.4. The second-order valence-corrected chi connectivity index (χ2v) is 7.52. The number of rotatable bonds is 7. The fraction of sp³-hybridized carbons (Fsp3) is 0.750. The van der Waals surface area contributed by atoms with Gasteiger partial charge in [0.25, 0.3) is 0 Å². The third kappa shape index (κ3) is 6.74. The van der Waals surface area contributed by atoms with Crippen LogP contribution in [-0.2, 0) is 11.3 Å². The van der Waals surface area contributed by atoms with Gasteiger partial charge in [-0.2, -0.15) is 0 Å². The van der Waals surface area contributed by atoms with Crippen LogP contribution >= 0.6 is 11.3 Å². The van der Waals surface area contributed by atoms with Gasteiger partial charge in [-0.25, -0.2) is 9.98 Å². The Labute approximate surface area is 144 Å². The van der Waals surface area contributed by atoms with E-state index in [0.29, 0.717) is 13.1 Å². The highest BCUT2D eigenvalue weighted by atomic mass is 32.1. The monoisotopic (exact) mass is 341 g/mol. The maximum atomic E-state index is 5.57. The summed E-state index contributed by atoms with van der Waals surface area (Å²) in [5.74, 6) is 0.790. The Morgan fingerprint density at radius 3 is 2.57 bits per heavy atom. The number of ether oxygens (including phenoxy) is 1. The molecular formula is C16H31N5OS. The number of aromatic nitrogens is 1. The number of thiazole rings is 1. The van der Waals surface area contributed by atoms with E-state index in [1.165, 1.54) is 0 Å². The lowest BCUT2D eigenvalue weighted by Crippen LogP contribution is -2.45. The van der Waals surface area contributed by atoms with Gasteiger partial charge in [0.15, 0.2) is 11.1 Å². The van der Waals surface area contributed by atoms with Gasteiger partial charge in [-0.05, 0) is 12.3 Å². The van der Waals surface area contributed by atoms with Gasteiger partial charge in [0.2, 0.25) is 0 Å². The van der Waals surface area contributed by atoms with Crippen molar-refractivity contribution >= 4 is 22.4 Å². The smallest absolute Gasteiger partial charge is 0.191 e. The Morgan fingerprint density at radius 1 is 1.39 bits per heavy atom. The minimum atomic E-state index is 0.0780. The maximum Gasteiger partial charge on any atom is 0.191 e. The first kappa shape index (κ1) is 19.7. The van der Waals surface area contributed by atoms with Crippen LogP contribution < -0.4 is 15.5 Å². The highest BCUT2D eigenvalue weighted by Gasteiger charge is 2.24. The Kier molecular flexibility index (Phi) is 7.78. The summed E-state index contributed by atoms with van der Waals surface area (Å²) in [5, 5.41) is 9.67. The number of guanidine groups is 1. The number of hydrogen-bond donors (Lipinski definition) is 2. The van der Waals surface area contributed by atoms with Crippen LogP contribution in [0.2, 0.25) is 0 Å². The molecule has 7 heteroatoms. The van der Waals surface area contributed by atoms with E-state index in [0.717, 1.165) is 23.3 Å². The van der Waals surface area contributed by atoms with E-state index in [2.05, 4.69) is 53.7 Å². The molecule has 0 aliphatic heterocycles. The Bertz CT molecular complexity index is 493. The molecule has 132 valence electrons. The first-order valence-corrected chi connectivity index (χ1v) is 8.82. The summed E-state index contributed by atoms with van der Waals surface area (Å²) in [6.45, 7) is 10.7. The third-order valence-corrected chi connectivity index (χ3v) is 4.43. The summed E-state index contributed by atoms with van der Waals surface area (Å²) in [7, 11) is 5.74. The van der Waals surface area contributed by atoms with Crippen LogP contribution in [0.5, 0.6) is 0 Å². The Morgan fingerprint density at radius 2 is 2.09 bits per heavy atom. The fourth-order valence-electron chi connectivity index (χ4n) is 2.01. The van der Waals surface area contributed by atoms with E-state index in [1.807, 2.05) is 19.0 Å². The average Bonchev–Trinajstić information content (AvgIpc) is 2.93. The topological polar surface area (TPSA) is 61.8 Å². The van der Waals surface area contributed by atoms with Gasteiger partial charge in [0.05, 0.1) is 18.3 Å².